The predicted molar refractivity (Wildman–Crippen MR) is 113 cm³/mol. The summed E-state index contributed by atoms with van der Waals surface area (Å²) in [6, 6.07) is 19.1. The molecular weight excluding hydrogens is 364 g/mol. The van der Waals surface area contributed by atoms with E-state index in [1.54, 1.807) is 4.90 Å². The van der Waals surface area contributed by atoms with Gasteiger partial charge in [0.25, 0.3) is 0 Å². The van der Waals surface area contributed by atoms with Gasteiger partial charge < -0.3 is 15.0 Å². The molecule has 0 radical (unpaired) electrons. The van der Waals surface area contributed by atoms with E-state index in [-0.39, 0.29) is 17.9 Å². The topological polar surface area (TPSA) is 58.6 Å². The van der Waals surface area contributed by atoms with Crippen molar-refractivity contribution in [1.29, 1.82) is 0 Å². The van der Waals surface area contributed by atoms with Crippen molar-refractivity contribution in [2.24, 2.45) is 0 Å². The van der Waals surface area contributed by atoms with E-state index in [1.165, 1.54) is 0 Å². The fraction of sp³-hybridized carbons (Fsp3) is 0.417. The predicted octanol–water partition coefficient (Wildman–Crippen LogP) is 3.33. The highest BCUT2D eigenvalue weighted by atomic mass is 16.5. The summed E-state index contributed by atoms with van der Waals surface area (Å²) >= 11 is 0. The Morgan fingerprint density at radius 2 is 1.72 bits per heavy atom. The number of nitrogens with zero attached hydrogens (tertiary/aromatic N) is 1. The quantitative estimate of drug-likeness (QED) is 0.710. The SMILES string of the molecule is CCC(=O)N(Cc1ccccc1)[C@H](Cc1ccccc1)C(=O)NC[C@H]1CCCO1. The van der Waals surface area contributed by atoms with Gasteiger partial charge in [-0.05, 0) is 24.0 Å². The normalized spacial score (nSPS) is 16.9. The number of rotatable bonds is 9. The van der Waals surface area contributed by atoms with Crippen molar-refractivity contribution >= 4 is 11.8 Å². The third kappa shape index (κ3) is 6.16. The van der Waals surface area contributed by atoms with E-state index >= 15 is 0 Å². The van der Waals surface area contributed by atoms with Crippen molar-refractivity contribution in [3.05, 3.63) is 71.8 Å². The number of carbonyl (C=O) groups is 2. The number of benzene rings is 2. The van der Waals surface area contributed by atoms with Crippen LogP contribution in [0.15, 0.2) is 60.7 Å². The van der Waals surface area contributed by atoms with Crippen molar-refractivity contribution < 1.29 is 14.3 Å². The first-order valence-corrected chi connectivity index (χ1v) is 10.4. The van der Waals surface area contributed by atoms with Gasteiger partial charge in [-0.15, -0.1) is 0 Å². The third-order valence-electron chi connectivity index (χ3n) is 5.30. The molecule has 0 aliphatic carbocycles. The van der Waals surface area contributed by atoms with Gasteiger partial charge in [0.1, 0.15) is 6.04 Å². The van der Waals surface area contributed by atoms with Crippen LogP contribution in [0, 0.1) is 0 Å². The minimum absolute atomic E-state index is 0.0259. The lowest BCUT2D eigenvalue weighted by Crippen LogP contribution is -2.51. The Morgan fingerprint density at radius 3 is 2.31 bits per heavy atom. The zero-order valence-corrected chi connectivity index (χ0v) is 17.0. The molecule has 1 saturated heterocycles. The minimum atomic E-state index is -0.563. The molecule has 0 spiro atoms. The first-order chi connectivity index (χ1) is 14.2. The molecule has 1 aliphatic rings. The molecule has 5 heteroatoms. The summed E-state index contributed by atoms with van der Waals surface area (Å²) in [4.78, 5) is 27.7. The standard InChI is InChI=1S/C24H30N2O3/c1-2-23(27)26(18-20-12-7-4-8-13-20)22(16-19-10-5-3-6-11-19)24(28)25-17-21-14-9-15-29-21/h3-8,10-13,21-22H,2,9,14-18H2,1H3,(H,25,28)/t21-,22-/m1/s1. The molecular formula is C24H30N2O3. The number of nitrogens with one attached hydrogen (secondary N) is 1. The highest BCUT2D eigenvalue weighted by Gasteiger charge is 2.30. The van der Waals surface area contributed by atoms with Crippen LogP contribution in [0.25, 0.3) is 0 Å². The lowest BCUT2D eigenvalue weighted by molar-refractivity contribution is -0.141. The smallest absolute Gasteiger partial charge is 0.243 e. The van der Waals surface area contributed by atoms with Gasteiger partial charge in [0, 0.05) is 32.5 Å². The maximum absolute atomic E-state index is 13.2. The van der Waals surface area contributed by atoms with Gasteiger partial charge in [-0.2, -0.15) is 0 Å². The molecule has 0 aromatic heterocycles. The van der Waals surface area contributed by atoms with Gasteiger partial charge in [-0.25, -0.2) is 0 Å². The summed E-state index contributed by atoms with van der Waals surface area (Å²) in [6.07, 6.45) is 2.91. The Hall–Kier alpha value is -2.66. The van der Waals surface area contributed by atoms with E-state index in [1.807, 2.05) is 67.6 Å². The minimum Gasteiger partial charge on any atom is -0.376 e. The van der Waals surface area contributed by atoms with Crippen LogP contribution in [0.5, 0.6) is 0 Å². The Kier molecular flexibility index (Phi) is 7.82. The summed E-state index contributed by atoms with van der Waals surface area (Å²) in [5.74, 6) is -0.149. The van der Waals surface area contributed by atoms with Gasteiger partial charge in [0.15, 0.2) is 0 Å². The van der Waals surface area contributed by atoms with Crippen molar-refractivity contribution in [2.75, 3.05) is 13.2 Å². The molecule has 0 unspecified atom stereocenters. The van der Waals surface area contributed by atoms with Crippen LogP contribution >= 0.6 is 0 Å². The highest BCUT2D eigenvalue weighted by Crippen LogP contribution is 2.16. The van der Waals surface area contributed by atoms with Crippen LogP contribution in [0.4, 0.5) is 0 Å². The molecule has 1 heterocycles. The Labute approximate surface area is 173 Å². The number of hydrogen-bond donors (Lipinski definition) is 1. The van der Waals surface area contributed by atoms with Crippen molar-refractivity contribution in [3.63, 3.8) is 0 Å². The molecule has 2 aromatic carbocycles. The van der Waals surface area contributed by atoms with Crippen LogP contribution in [0.1, 0.15) is 37.3 Å². The average Bonchev–Trinajstić information content (AvgIpc) is 3.29. The molecule has 2 amide bonds. The van der Waals surface area contributed by atoms with Crippen LogP contribution in [0.3, 0.4) is 0 Å². The zero-order chi connectivity index (χ0) is 20.5. The molecule has 154 valence electrons. The van der Waals surface area contributed by atoms with Gasteiger partial charge in [-0.1, -0.05) is 67.6 Å². The summed E-state index contributed by atoms with van der Waals surface area (Å²) in [6.45, 7) is 3.49. The number of carbonyl (C=O) groups excluding carboxylic acids is 2. The largest absolute Gasteiger partial charge is 0.376 e. The third-order valence-corrected chi connectivity index (χ3v) is 5.30. The molecule has 0 bridgehead atoms. The van der Waals surface area contributed by atoms with E-state index in [4.69, 9.17) is 4.74 Å². The summed E-state index contributed by atoms with van der Waals surface area (Å²) in [7, 11) is 0. The van der Waals surface area contributed by atoms with E-state index in [9.17, 15) is 9.59 Å². The molecule has 1 aliphatic heterocycles. The summed E-state index contributed by atoms with van der Waals surface area (Å²) < 4.78 is 5.63. The van der Waals surface area contributed by atoms with Crippen molar-refractivity contribution in [1.82, 2.24) is 10.2 Å². The number of amides is 2. The van der Waals surface area contributed by atoms with E-state index in [0.29, 0.717) is 25.9 Å². The second kappa shape index (κ2) is 10.8. The van der Waals surface area contributed by atoms with E-state index in [2.05, 4.69) is 5.32 Å². The van der Waals surface area contributed by atoms with Crippen molar-refractivity contribution in [3.8, 4) is 0 Å². The maximum Gasteiger partial charge on any atom is 0.243 e. The van der Waals surface area contributed by atoms with E-state index in [0.717, 1.165) is 30.6 Å². The van der Waals surface area contributed by atoms with Gasteiger partial charge >= 0.3 is 0 Å². The van der Waals surface area contributed by atoms with Gasteiger partial charge in [0.2, 0.25) is 11.8 Å². The molecule has 29 heavy (non-hydrogen) atoms. The Balaban J connectivity index is 1.80. The Bertz CT molecular complexity index is 773. The molecule has 0 saturated carbocycles. The Morgan fingerprint density at radius 1 is 1.07 bits per heavy atom. The molecule has 2 atom stereocenters. The van der Waals surface area contributed by atoms with Gasteiger partial charge in [-0.3, -0.25) is 9.59 Å². The molecule has 1 fully saturated rings. The fourth-order valence-electron chi connectivity index (χ4n) is 3.67. The molecule has 1 N–H and O–H groups in total. The first-order valence-electron chi connectivity index (χ1n) is 10.4. The number of ether oxygens (including phenoxy) is 1. The zero-order valence-electron chi connectivity index (χ0n) is 17.0. The van der Waals surface area contributed by atoms with Crippen LogP contribution in [-0.2, 0) is 27.3 Å². The van der Waals surface area contributed by atoms with Crippen LogP contribution < -0.4 is 5.32 Å². The lowest BCUT2D eigenvalue weighted by atomic mass is 10.0. The lowest BCUT2D eigenvalue weighted by Gasteiger charge is -2.31. The summed E-state index contributed by atoms with van der Waals surface area (Å²) in [5.41, 5.74) is 2.05. The van der Waals surface area contributed by atoms with Crippen LogP contribution in [-0.4, -0.2) is 42.0 Å². The maximum atomic E-state index is 13.2. The van der Waals surface area contributed by atoms with Crippen LogP contribution in [0.2, 0.25) is 0 Å². The fourth-order valence-corrected chi connectivity index (χ4v) is 3.67. The van der Waals surface area contributed by atoms with E-state index < -0.39 is 6.04 Å². The highest BCUT2D eigenvalue weighted by molar-refractivity contribution is 5.88. The summed E-state index contributed by atoms with van der Waals surface area (Å²) in [5, 5.41) is 3.03. The second-order valence-electron chi connectivity index (χ2n) is 7.45. The molecule has 5 nitrogen and oxygen atoms in total. The monoisotopic (exact) mass is 394 g/mol. The first kappa shape index (κ1) is 21.1. The van der Waals surface area contributed by atoms with Crippen molar-refractivity contribution in [2.45, 2.75) is 51.3 Å². The number of hydrogen-bond acceptors (Lipinski definition) is 3. The molecule has 3 rings (SSSR count). The average molecular weight is 395 g/mol. The second-order valence-corrected chi connectivity index (χ2v) is 7.45. The van der Waals surface area contributed by atoms with Gasteiger partial charge in [0.05, 0.1) is 6.10 Å². The molecule has 2 aromatic rings.